The van der Waals surface area contributed by atoms with Crippen LogP contribution in [-0.4, -0.2) is 18.3 Å². The number of hydrogen-bond acceptors (Lipinski definition) is 10. The smallest absolute Gasteiger partial charge is 0.258 e. The Morgan fingerprint density at radius 1 is 1.04 bits per heavy atom. The summed E-state index contributed by atoms with van der Waals surface area (Å²) in [6, 6.07) is 3.35. The SMILES string of the molecule is N#Cc1csc([N+](=O)[O-])c1Br.N#Cc1csc([N+](=O)[O-])c1S(N)(=O)=O. The van der Waals surface area contributed by atoms with Crippen LogP contribution in [0, 0.1) is 42.9 Å². The molecule has 0 aromatic carbocycles. The van der Waals surface area contributed by atoms with Gasteiger partial charge in [0.1, 0.15) is 16.6 Å². The highest BCUT2D eigenvalue weighted by Crippen LogP contribution is 2.34. The van der Waals surface area contributed by atoms with Crippen molar-refractivity contribution in [3.8, 4) is 12.1 Å². The molecule has 0 unspecified atom stereocenters. The first-order valence-electron chi connectivity index (χ1n) is 5.54. The lowest BCUT2D eigenvalue weighted by Gasteiger charge is -1.93. The maximum absolute atomic E-state index is 10.9. The number of sulfonamides is 1. The summed E-state index contributed by atoms with van der Waals surface area (Å²) in [6.45, 7) is 0. The van der Waals surface area contributed by atoms with Crippen LogP contribution in [0.25, 0.3) is 0 Å². The number of thiophene rings is 2. The molecule has 2 heterocycles. The Hall–Kier alpha value is -2.43. The fourth-order valence-electron chi connectivity index (χ4n) is 1.35. The van der Waals surface area contributed by atoms with Gasteiger partial charge in [0, 0.05) is 10.8 Å². The van der Waals surface area contributed by atoms with Crippen molar-refractivity contribution < 1.29 is 18.3 Å². The normalized spacial score (nSPS) is 10.1. The van der Waals surface area contributed by atoms with Crippen LogP contribution in [0.2, 0.25) is 0 Å². The first kappa shape index (κ1) is 20.6. The zero-order chi connectivity index (χ0) is 19.4. The molecule has 130 valence electrons. The van der Waals surface area contributed by atoms with Crippen molar-refractivity contribution in [3.63, 3.8) is 0 Å². The molecular weight excluding hydrogens is 462 g/mol. The lowest BCUT2D eigenvalue weighted by molar-refractivity contribution is -0.383. The van der Waals surface area contributed by atoms with Crippen LogP contribution in [-0.2, 0) is 10.0 Å². The van der Waals surface area contributed by atoms with Crippen molar-refractivity contribution in [2.45, 2.75) is 4.90 Å². The highest BCUT2D eigenvalue weighted by atomic mass is 79.9. The second kappa shape index (κ2) is 8.10. The van der Waals surface area contributed by atoms with Gasteiger partial charge >= 0.3 is 10.0 Å². The van der Waals surface area contributed by atoms with E-state index in [-0.39, 0.29) is 15.0 Å². The molecule has 0 fully saturated rings. The number of rotatable bonds is 3. The molecule has 2 aromatic heterocycles. The van der Waals surface area contributed by atoms with Crippen LogP contribution >= 0.6 is 38.6 Å². The number of halogens is 1. The Morgan fingerprint density at radius 2 is 1.48 bits per heavy atom. The van der Waals surface area contributed by atoms with Crippen LogP contribution < -0.4 is 5.14 Å². The molecule has 2 aromatic rings. The molecule has 0 aliphatic heterocycles. The third kappa shape index (κ3) is 4.78. The van der Waals surface area contributed by atoms with E-state index in [0.29, 0.717) is 16.9 Å². The standard InChI is InChI=1S/C5HBrN2O2S.C5H3N3O4S2/c6-4-3(1-7)2-11-5(4)8(9)10;6-1-3-2-13-5(8(9)10)4(3)14(7,11)12/h2H;2H,(H2,7,11,12). The van der Waals surface area contributed by atoms with Gasteiger partial charge in [-0.2, -0.15) is 10.5 Å². The molecule has 11 nitrogen and oxygen atoms in total. The number of hydrogen-bond donors (Lipinski definition) is 1. The predicted octanol–water partition coefficient (Wildman–Crippen LogP) is 2.47. The van der Waals surface area contributed by atoms with Crippen molar-refractivity contribution in [2.75, 3.05) is 0 Å². The summed E-state index contributed by atoms with van der Waals surface area (Å²) in [5.41, 5.74) is 0.00546. The van der Waals surface area contributed by atoms with Crippen molar-refractivity contribution >= 4 is 58.6 Å². The van der Waals surface area contributed by atoms with Gasteiger partial charge in [-0.05, 0) is 15.9 Å². The Bertz CT molecular complexity index is 1030. The van der Waals surface area contributed by atoms with Gasteiger partial charge in [0.05, 0.1) is 21.0 Å². The van der Waals surface area contributed by atoms with E-state index in [1.807, 2.05) is 6.07 Å². The van der Waals surface area contributed by atoms with Crippen LogP contribution in [0.15, 0.2) is 20.1 Å². The zero-order valence-electron chi connectivity index (χ0n) is 11.6. The third-order valence-corrected chi connectivity index (χ3v) is 6.33. The van der Waals surface area contributed by atoms with Gasteiger partial charge in [-0.25, -0.2) is 13.6 Å². The first-order valence-corrected chi connectivity index (χ1v) is 9.64. The van der Waals surface area contributed by atoms with Crippen molar-refractivity contribution in [3.05, 3.63) is 46.6 Å². The Morgan fingerprint density at radius 3 is 1.80 bits per heavy atom. The second-order valence-corrected chi connectivity index (χ2v) is 7.84. The van der Waals surface area contributed by atoms with Gasteiger partial charge < -0.3 is 0 Å². The van der Waals surface area contributed by atoms with E-state index in [4.69, 9.17) is 15.7 Å². The summed E-state index contributed by atoms with van der Waals surface area (Å²) in [5, 5.41) is 44.1. The van der Waals surface area contributed by atoms with Crippen LogP contribution in [0.5, 0.6) is 0 Å². The van der Waals surface area contributed by atoms with E-state index < -0.39 is 29.8 Å². The summed E-state index contributed by atoms with van der Waals surface area (Å²) in [7, 11) is -4.23. The second-order valence-electron chi connectivity index (χ2n) is 3.84. The Labute approximate surface area is 156 Å². The van der Waals surface area contributed by atoms with Gasteiger partial charge in [0.2, 0.25) is 10.0 Å². The quantitative estimate of drug-likeness (QED) is 0.526. The summed E-state index contributed by atoms with van der Waals surface area (Å²) in [5.74, 6) is 0. The van der Waals surface area contributed by atoms with Gasteiger partial charge in [-0.1, -0.05) is 22.7 Å². The van der Waals surface area contributed by atoms with E-state index in [2.05, 4.69) is 15.9 Å². The van der Waals surface area contributed by atoms with E-state index >= 15 is 0 Å². The Kier molecular flexibility index (Phi) is 6.68. The lowest BCUT2D eigenvalue weighted by Crippen LogP contribution is -2.14. The zero-order valence-corrected chi connectivity index (χ0v) is 15.6. The largest absolute Gasteiger partial charge is 0.345 e. The number of nitro groups is 2. The molecule has 0 spiro atoms. The molecule has 0 saturated heterocycles. The summed E-state index contributed by atoms with van der Waals surface area (Å²) in [6.07, 6.45) is 0. The maximum atomic E-state index is 10.9. The maximum Gasteiger partial charge on any atom is 0.345 e. The molecule has 25 heavy (non-hydrogen) atoms. The molecule has 0 aliphatic carbocycles. The van der Waals surface area contributed by atoms with Crippen LogP contribution in [0.1, 0.15) is 11.1 Å². The van der Waals surface area contributed by atoms with E-state index in [1.54, 1.807) is 0 Å². The molecule has 0 radical (unpaired) electrons. The molecule has 15 heteroatoms. The molecule has 0 amide bonds. The summed E-state index contributed by atoms with van der Waals surface area (Å²) < 4.78 is 22.1. The average molecular weight is 466 g/mol. The number of nitrogens with two attached hydrogens (primary N) is 1. The minimum absolute atomic E-state index is 0.0263. The molecule has 2 N–H and O–H groups in total. The highest BCUT2D eigenvalue weighted by molar-refractivity contribution is 9.10. The van der Waals surface area contributed by atoms with E-state index in [1.165, 1.54) is 11.4 Å². The fourth-order valence-corrected chi connectivity index (χ4v) is 4.83. The van der Waals surface area contributed by atoms with Crippen LogP contribution in [0.4, 0.5) is 10.0 Å². The van der Waals surface area contributed by atoms with Gasteiger partial charge in [-0.3, -0.25) is 20.2 Å². The number of nitrogens with zero attached hydrogens (tertiary/aromatic N) is 4. The lowest BCUT2D eigenvalue weighted by atomic mass is 10.4. The molecule has 2 rings (SSSR count). The number of primary sulfonamides is 1. The van der Waals surface area contributed by atoms with Gasteiger partial charge in [0.15, 0.2) is 4.90 Å². The van der Waals surface area contributed by atoms with Crippen LogP contribution in [0.3, 0.4) is 0 Å². The first-order chi connectivity index (χ1) is 11.5. The van der Waals surface area contributed by atoms with Gasteiger partial charge in [-0.15, -0.1) is 0 Å². The van der Waals surface area contributed by atoms with E-state index in [9.17, 15) is 28.6 Å². The summed E-state index contributed by atoms with van der Waals surface area (Å²) >= 11 is 4.45. The topological polar surface area (TPSA) is 194 Å². The number of nitriles is 2. The molecule has 0 saturated carbocycles. The fraction of sp³-hybridized carbons (Fsp3) is 0. The van der Waals surface area contributed by atoms with Crippen molar-refractivity contribution in [1.82, 2.24) is 0 Å². The summed E-state index contributed by atoms with van der Waals surface area (Å²) in [4.78, 5) is 18.5. The minimum atomic E-state index is -4.23. The molecular formula is C10H4BrN5O6S3. The highest BCUT2D eigenvalue weighted by Gasteiger charge is 2.29. The monoisotopic (exact) mass is 465 g/mol. The average Bonchev–Trinajstić information content (AvgIpc) is 3.10. The Balaban J connectivity index is 0.000000257. The molecule has 0 aliphatic rings. The van der Waals surface area contributed by atoms with Gasteiger partial charge in [0.25, 0.3) is 0 Å². The molecule has 0 bridgehead atoms. The van der Waals surface area contributed by atoms with E-state index in [0.717, 1.165) is 16.7 Å². The van der Waals surface area contributed by atoms with Crippen molar-refractivity contribution in [2.24, 2.45) is 5.14 Å². The minimum Gasteiger partial charge on any atom is -0.258 e. The predicted molar refractivity (Wildman–Crippen MR) is 90.5 cm³/mol. The third-order valence-electron chi connectivity index (χ3n) is 2.30. The molecule has 0 atom stereocenters. The van der Waals surface area contributed by atoms with Crippen molar-refractivity contribution in [1.29, 1.82) is 10.5 Å².